The zero-order valence-electron chi connectivity index (χ0n) is 24.2. The Morgan fingerprint density at radius 1 is 1.25 bits per heavy atom. The first-order valence-corrected chi connectivity index (χ1v) is 14.9. The van der Waals surface area contributed by atoms with Gasteiger partial charge in [-0.05, 0) is 74.9 Å². The maximum Gasteiger partial charge on any atom is 0.251 e. The summed E-state index contributed by atoms with van der Waals surface area (Å²) in [7, 11) is 1.53. The predicted octanol–water partition coefficient (Wildman–Crippen LogP) is 4.40. The van der Waals surface area contributed by atoms with E-state index >= 15 is 0 Å². The Labute approximate surface area is 257 Å². The van der Waals surface area contributed by atoms with Crippen LogP contribution in [0.2, 0.25) is 5.02 Å². The number of fused-ring (bicyclic) bond motifs is 2. The number of hydrogen-bond donors (Lipinski definition) is 3. The van der Waals surface area contributed by atoms with Crippen molar-refractivity contribution in [2.24, 2.45) is 11.7 Å². The van der Waals surface area contributed by atoms with E-state index in [2.05, 4.69) is 10.4 Å². The first-order chi connectivity index (χ1) is 21.0. The van der Waals surface area contributed by atoms with Crippen LogP contribution in [0.3, 0.4) is 0 Å². The second kappa shape index (κ2) is 10.2. The highest BCUT2D eigenvalue weighted by molar-refractivity contribution is 6.33. The minimum Gasteiger partial charge on any atom is -0.494 e. The molecule has 228 valence electrons. The summed E-state index contributed by atoms with van der Waals surface area (Å²) in [6.07, 6.45) is 5.48. The quantitative estimate of drug-likeness (QED) is 0.252. The van der Waals surface area contributed by atoms with Gasteiger partial charge in [0.15, 0.2) is 0 Å². The molecule has 7 rings (SSSR count). The first-order valence-electron chi connectivity index (χ1n) is 14.5. The number of hydrogen-bond acceptors (Lipinski definition) is 7. The summed E-state index contributed by atoms with van der Waals surface area (Å²) in [5, 5.41) is 20.6. The number of nitrogens with zero attached hydrogens (tertiary/aromatic N) is 3. The molecule has 2 saturated carbocycles. The van der Waals surface area contributed by atoms with Gasteiger partial charge in [-0.2, -0.15) is 5.10 Å². The van der Waals surface area contributed by atoms with Gasteiger partial charge in [0.05, 0.1) is 30.4 Å². The summed E-state index contributed by atoms with van der Waals surface area (Å²) in [5.74, 6) is -0.977. The van der Waals surface area contributed by atoms with Crippen LogP contribution >= 0.6 is 11.6 Å². The molecule has 0 radical (unpaired) electrons. The van der Waals surface area contributed by atoms with Crippen molar-refractivity contribution >= 4 is 34.3 Å². The molecule has 0 saturated heterocycles. The SMILES string of the molecule is COc1cc(C(=O)NCC(O)(c2cc3c(c(-c4ccc(F)cc4Cl)n2)OC[C@]3(C)C(N)=O)C2CC2)cc2cn(C3CC3)nc12. The van der Waals surface area contributed by atoms with Gasteiger partial charge in [-0.25, -0.2) is 9.37 Å². The molecular weight excluding hydrogens is 589 g/mol. The van der Waals surface area contributed by atoms with Crippen LogP contribution in [-0.4, -0.2) is 51.9 Å². The molecule has 0 bridgehead atoms. The standard InChI is InChI=1S/C32H31ClFN5O5/c1-31(30(35)41)15-44-28-22(31)12-25(37-27(28)21-8-5-19(34)11-23(21)33)32(42,18-3-4-18)14-36-29(40)16-9-17-13-39(20-6-7-20)38-26(17)24(10-16)43-2/h5,8-13,18,20,42H,3-4,6-7,14-15H2,1-2H3,(H2,35,41)(H,36,40)/t31-,32?/m0/s1. The van der Waals surface area contributed by atoms with Crippen LogP contribution in [0.5, 0.6) is 11.5 Å². The summed E-state index contributed by atoms with van der Waals surface area (Å²) in [6.45, 7) is 1.47. The molecule has 4 N–H and O–H groups in total. The fraction of sp³-hybridized carbons (Fsp3) is 0.375. The maximum atomic E-state index is 13.9. The minimum atomic E-state index is -1.60. The molecule has 12 heteroatoms. The van der Waals surface area contributed by atoms with E-state index in [0.29, 0.717) is 46.8 Å². The summed E-state index contributed by atoms with van der Waals surface area (Å²) in [4.78, 5) is 30.9. The number of carbonyl (C=O) groups excluding carboxylic acids is 2. The number of aliphatic hydroxyl groups is 1. The van der Waals surface area contributed by atoms with Gasteiger partial charge in [0.1, 0.15) is 46.1 Å². The van der Waals surface area contributed by atoms with Gasteiger partial charge in [0.25, 0.3) is 5.91 Å². The van der Waals surface area contributed by atoms with E-state index in [1.54, 1.807) is 25.1 Å². The molecule has 3 heterocycles. The van der Waals surface area contributed by atoms with Gasteiger partial charge in [0, 0.05) is 28.3 Å². The number of carbonyl (C=O) groups is 2. The van der Waals surface area contributed by atoms with E-state index in [9.17, 15) is 19.1 Å². The number of methoxy groups -OCH3 is 1. The molecule has 1 unspecified atom stereocenters. The Hall–Kier alpha value is -4.22. The van der Waals surface area contributed by atoms with E-state index in [1.807, 2.05) is 10.9 Å². The highest BCUT2D eigenvalue weighted by Gasteiger charge is 2.50. The average Bonchev–Trinajstić information content (AvgIpc) is 3.94. The Bertz CT molecular complexity index is 1850. The van der Waals surface area contributed by atoms with E-state index in [1.165, 1.54) is 19.2 Å². The van der Waals surface area contributed by atoms with Crippen molar-refractivity contribution in [3.8, 4) is 22.8 Å². The topological polar surface area (TPSA) is 142 Å². The van der Waals surface area contributed by atoms with Crippen molar-refractivity contribution in [2.45, 2.75) is 49.7 Å². The lowest BCUT2D eigenvalue weighted by Crippen LogP contribution is -2.44. The van der Waals surface area contributed by atoms with Crippen LogP contribution in [0.15, 0.2) is 42.6 Å². The highest BCUT2D eigenvalue weighted by atomic mass is 35.5. The van der Waals surface area contributed by atoms with Gasteiger partial charge < -0.3 is 25.6 Å². The molecule has 1 aliphatic heterocycles. The van der Waals surface area contributed by atoms with Crippen molar-refractivity contribution in [3.63, 3.8) is 0 Å². The van der Waals surface area contributed by atoms with Gasteiger partial charge in [-0.1, -0.05) is 11.6 Å². The number of aromatic nitrogens is 3. The van der Waals surface area contributed by atoms with Gasteiger partial charge in [-0.15, -0.1) is 0 Å². The number of amides is 2. The third-order valence-electron chi connectivity index (χ3n) is 9.01. The molecule has 4 aromatic rings. The Morgan fingerprint density at radius 3 is 2.68 bits per heavy atom. The molecule has 44 heavy (non-hydrogen) atoms. The van der Waals surface area contributed by atoms with E-state index in [-0.39, 0.29) is 41.2 Å². The third-order valence-corrected chi connectivity index (χ3v) is 9.32. The molecule has 2 fully saturated rings. The molecule has 2 aliphatic carbocycles. The molecular formula is C32H31ClFN5O5. The van der Waals surface area contributed by atoms with Crippen LogP contribution < -0.4 is 20.5 Å². The van der Waals surface area contributed by atoms with Crippen molar-refractivity contribution in [2.75, 3.05) is 20.3 Å². The van der Waals surface area contributed by atoms with Gasteiger partial charge in [0.2, 0.25) is 5.91 Å². The number of nitrogens with one attached hydrogen (secondary N) is 1. The van der Waals surface area contributed by atoms with Crippen molar-refractivity contribution in [1.29, 1.82) is 0 Å². The number of nitrogens with two attached hydrogens (primary N) is 1. The number of pyridine rings is 1. The summed E-state index contributed by atoms with van der Waals surface area (Å²) >= 11 is 6.44. The molecule has 3 aliphatic rings. The second-order valence-electron chi connectivity index (χ2n) is 12.2. The van der Waals surface area contributed by atoms with Crippen LogP contribution in [0.25, 0.3) is 22.2 Å². The molecule has 2 aromatic heterocycles. The minimum absolute atomic E-state index is 0.0329. The molecule has 2 atom stereocenters. The Balaban J connectivity index is 1.26. The fourth-order valence-corrected chi connectivity index (χ4v) is 6.19. The lowest BCUT2D eigenvalue weighted by molar-refractivity contribution is -0.123. The maximum absolute atomic E-state index is 13.9. The number of rotatable bonds is 9. The van der Waals surface area contributed by atoms with Crippen molar-refractivity contribution in [1.82, 2.24) is 20.1 Å². The number of ether oxygens (including phenoxy) is 2. The first kappa shape index (κ1) is 28.5. The number of primary amides is 1. The molecule has 0 spiro atoms. The van der Waals surface area contributed by atoms with E-state index < -0.39 is 28.6 Å². The summed E-state index contributed by atoms with van der Waals surface area (Å²) < 4.78 is 27.3. The lowest BCUT2D eigenvalue weighted by Gasteiger charge is -2.30. The monoisotopic (exact) mass is 619 g/mol. The lowest BCUT2D eigenvalue weighted by atomic mass is 9.81. The van der Waals surface area contributed by atoms with E-state index in [4.69, 9.17) is 31.8 Å². The Morgan fingerprint density at radius 2 is 2.02 bits per heavy atom. The second-order valence-corrected chi connectivity index (χ2v) is 12.6. The number of benzene rings is 2. The fourth-order valence-electron chi connectivity index (χ4n) is 5.93. The average molecular weight is 620 g/mol. The van der Waals surface area contributed by atoms with Crippen LogP contribution in [-0.2, 0) is 15.8 Å². The van der Waals surface area contributed by atoms with Gasteiger partial charge in [-0.3, -0.25) is 14.3 Å². The molecule has 2 aromatic carbocycles. The van der Waals surface area contributed by atoms with Crippen LogP contribution in [0.1, 0.15) is 60.3 Å². The van der Waals surface area contributed by atoms with Crippen LogP contribution in [0, 0.1) is 11.7 Å². The molecule has 2 amide bonds. The smallest absolute Gasteiger partial charge is 0.251 e. The molecule has 10 nitrogen and oxygen atoms in total. The zero-order valence-corrected chi connectivity index (χ0v) is 24.9. The predicted molar refractivity (Wildman–Crippen MR) is 160 cm³/mol. The summed E-state index contributed by atoms with van der Waals surface area (Å²) in [6, 6.07) is 9.27. The number of halogens is 2. The highest BCUT2D eigenvalue weighted by Crippen LogP contribution is 2.50. The van der Waals surface area contributed by atoms with Gasteiger partial charge >= 0.3 is 0 Å². The largest absolute Gasteiger partial charge is 0.494 e. The van der Waals surface area contributed by atoms with Crippen molar-refractivity contribution in [3.05, 3.63) is 70.3 Å². The third kappa shape index (κ3) is 4.66. The summed E-state index contributed by atoms with van der Waals surface area (Å²) in [5.41, 5.74) is 5.34. The van der Waals surface area contributed by atoms with Crippen molar-refractivity contribution < 1.29 is 28.6 Å². The van der Waals surface area contributed by atoms with Crippen LogP contribution in [0.4, 0.5) is 4.39 Å². The van der Waals surface area contributed by atoms with E-state index in [0.717, 1.165) is 24.3 Å². The Kier molecular flexibility index (Phi) is 6.60. The normalized spacial score (nSPS) is 20.6. The zero-order chi connectivity index (χ0) is 31.0.